The van der Waals surface area contributed by atoms with E-state index in [1.807, 2.05) is 0 Å². The molecule has 34 heavy (non-hydrogen) atoms. The third kappa shape index (κ3) is 4.98. The van der Waals surface area contributed by atoms with E-state index < -0.39 is 0 Å². The van der Waals surface area contributed by atoms with Crippen molar-refractivity contribution in [2.75, 3.05) is 26.2 Å². The lowest BCUT2D eigenvalue weighted by molar-refractivity contribution is 0.000544. The van der Waals surface area contributed by atoms with E-state index in [1.54, 1.807) is 12.1 Å². The summed E-state index contributed by atoms with van der Waals surface area (Å²) < 4.78 is 6.01. The van der Waals surface area contributed by atoms with Gasteiger partial charge in [0.2, 0.25) is 0 Å². The van der Waals surface area contributed by atoms with Gasteiger partial charge in [0.1, 0.15) is 18.1 Å². The third-order valence-corrected chi connectivity index (χ3v) is 8.86. The van der Waals surface area contributed by atoms with Gasteiger partial charge in [-0.1, -0.05) is 37.6 Å². The zero-order chi connectivity index (χ0) is 23.5. The number of phenolic OH excluding ortho intramolecular Hbond substituents is 1. The topological polar surface area (TPSA) is 65.0 Å². The normalized spacial score (nSPS) is 31.8. The number of aliphatic hydroxyl groups is 1. The summed E-state index contributed by atoms with van der Waals surface area (Å²) in [7, 11) is 0. The summed E-state index contributed by atoms with van der Waals surface area (Å²) >= 11 is 0. The number of nitrogens with one attached hydrogen (secondary N) is 1. The number of rotatable bonds is 7. The molecule has 0 aromatic heterocycles. The monoisotopic (exact) mass is 464 g/mol. The van der Waals surface area contributed by atoms with E-state index in [0.29, 0.717) is 30.1 Å². The number of ether oxygens (including phenoxy) is 1. The van der Waals surface area contributed by atoms with Gasteiger partial charge >= 0.3 is 0 Å². The standard InChI is InChI=1S/C29H40N2O3/c1-29-20-27(26(19-23(29)9-14-28(29)33)21-5-10-24(32)11-6-21)22-7-12-25(13-8-22)34-18-15-30-31-16-3-2-4-17-31/h5-8,10-13,23,26-28,30,32-33H,2-4,9,14-20H2,1H3/t23-,26-,27+,28-,29-/m0/s1. The highest BCUT2D eigenvalue weighted by molar-refractivity contribution is 5.36. The summed E-state index contributed by atoms with van der Waals surface area (Å²) in [5.41, 5.74) is 6.06. The molecule has 1 aliphatic heterocycles. The van der Waals surface area contributed by atoms with Crippen LogP contribution >= 0.6 is 0 Å². The fourth-order valence-corrected chi connectivity index (χ4v) is 6.74. The SMILES string of the molecule is C[C@]12C[C@H](c3ccc(OCCNN4CCCCC4)cc3)[C@H](c3ccc(O)cc3)C[C@@H]1CC[C@@H]2O. The van der Waals surface area contributed by atoms with E-state index in [2.05, 4.69) is 53.8 Å². The number of aromatic hydroxyl groups is 1. The number of hydrogen-bond donors (Lipinski definition) is 3. The van der Waals surface area contributed by atoms with Crippen molar-refractivity contribution in [3.63, 3.8) is 0 Å². The van der Waals surface area contributed by atoms with E-state index in [0.717, 1.165) is 51.1 Å². The molecule has 5 heteroatoms. The first kappa shape index (κ1) is 23.7. The number of nitrogens with zero attached hydrogens (tertiary/aromatic N) is 1. The molecule has 3 aliphatic rings. The molecule has 5 rings (SSSR count). The quantitative estimate of drug-likeness (QED) is 0.492. The molecule has 0 bridgehead atoms. The maximum absolute atomic E-state index is 10.8. The molecule has 184 valence electrons. The van der Waals surface area contributed by atoms with Crippen LogP contribution in [0, 0.1) is 11.3 Å². The van der Waals surface area contributed by atoms with Crippen LogP contribution in [0.2, 0.25) is 0 Å². The van der Waals surface area contributed by atoms with Crippen LogP contribution in [0.5, 0.6) is 11.5 Å². The van der Waals surface area contributed by atoms with Crippen molar-refractivity contribution >= 4 is 0 Å². The van der Waals surface area contributed by atoms with Crippen LogP contribution in [0.1, 0.15) is 74.8 Å². The van der Waals surface area contributed by atoms with Gasteiger partial charge in [-0.3, -0.25) is 5.43 Å². The van der Waals surface area contributed by atoms with Crippen molar-refractivity contribution in [3.8, 4) is 11.5 Å². The lowest BCUT2D eigenvalue weighted by atomic mass is 9.58. The van der Waals surface area contributed by atoms with E-state index in [9.17, 15) is 10.2 Å². The maximum Gasteiger partial charge on any atom is 0.119 e. The van der Waals surface area contributed by atoms with Crippen molar-refractivity contribution in [2.24, 2.45) is 11.3 Å². The number of fused-ring (bicyclic) bond motifs is 1. The van der Waals surface area contributed by atoms with E-state index >= 15 is 0 Å². The van der Waals surface area contributed by atoms with Gasteiger partial charge in [-0.2, -0.15) is 0 Å². The van der Waals surface area contributed by atoms with E-state index in [1.165, 1.54) is 30.4 Å². The van der Waals surface area contributed by atoms with E-state index in [-0.39, 0.29) is 11.5 Å². The Balaban J connectivity index is 1.27. The van der Waals surface area contributed by atoms with Crippen LogP contribution in [0.25, 0.3) is 0 Å². The Morgan fingerprint density at radius 3 is 2.35 bits per heavy atom. The molecule has 2 aromatic rings. The number of benzene rings is 2. The lowest BCUT2D eigenvalue weighted by Gasteiger charge is -2.47. The minimum absolute atomic E-state index is 0.0205. The van der Waals surface area contributed by atoms with Gasteiger partial charge < -0.3 is 14.9 Å². The number of aliphatic hydroxyl groups excluding tert-OH is 1. The minimum atomic E-state index is -0.212. The summed E-state index contributed by atoms with van der Waals surface area (Å²) in [6.45, 7) is 6.04. The number of phenols is 1. The first-order valence-electron chi connectivity index (χ1n) is 13.2. The summed E-state index contributed by atoms with van der Waals surface area (Å²) in [6, 6.07) is 16.4. The van der Waals surface area contributed by atoms with Gasteiger partial charge in [-0.25, -0.2) is 5.01 Å². The molecule has 0 spiro atoms. The Hall–Kier alpha value is -2.08. The van der Waals surface area contributed by atoms with Crippen molar-refractivity contribution in [1.82, 2.24) is 10.4 Å². The molecule has 3 N–H and O–H groups in total. The molecule has 5 nitrogen and oxygen atoms in total. The van der Waals surface area contributed by atoms with Crippen LogP contribution in [0.15, 0.2) is 48.5 Å². The minimum Gasteiger partial charge on any atom is -0.508 e. The molecule has 2 saturated carbocycles. The Morgan fingerprint density at radius 1 is 0.941 bits per heavy atom. The molecule has 3 fully saturated rings. The zero-order valence-corrected chi connectivity index (χ0v) is 20.5. The molecule has 0 amide bonds. The van der Waals surface area contributed by atoms with Crippen LogP contribution in [0.4, 0.5) is 0 Å². The van der Waals surface area contributed by atoms with Gasteiger partial charge in [0, 0.05) is 19.6 Å². The molecule has 1 heterocycles. The second kappa shape index (κ2) is 10.3. The van der Waals surface area contributed by atoms with E-state index in [4.69, 9.17) is 4.74 Å². The molecule has 5 atom stereocenters. The predicted octanol–water partition coefficient (Wildman–Crippen LogP) is 5.20. The second-order valence-electron chi connectivity index (χ2n) is 10.9. The average Bonchev–Trinajstić information content (AvgIpc) is 3.16. The third-order valence-electron chi connectivity index (χ3n) is 8.86. The van der Waals surface area contributed by atoms with Gasteiger partial charge in [-0.15, -0.1) is 0 Å². The highest BCUT2D eigenvalue weighted by atomic mass is 16.5. The summed E-state index contributed by atoms with van der Waals surface area (Å²) in [5.74, 6) is 2.50. The van der Waals surface area contributed by atoms with Gasteiger partial charge in [0.05, 0.1) is 6.10 Å². The number of hydrogen-bond acceptors (Lipinski definition) is 5. The summed E-state index contributed by atoms with van der Waals surface area (Å²) in [6.07, 6.45) is 7.78. The van der Waals surface area contributed by atoms with Crippen molar-refractivity contribution in [3.05, 3.63) is 59.7 Å². The van der Waals surface area contributed by atoms with Crippen molar-refractivity contribution in [2.45, 2.75) is 69.8 Å². The van der Waals surface area contributed by atoms with Crippen LogP contribution in [0.3, 0.4) is 0 Å². The highest BCUT2D eigenvalue weighted by Gasteiger charge is 2.52. The molecule has 1 saturated heterocycles. The zero-order valence-electron chi connectivity index (χ0n) is 20.5. The smallest absolute Gasteiger partial charge is 0.119 e. The number of piperidine rings is 1. The molecule has 0 radical (unpaired) electrons. The lowest BCUT2D eigenvalue weighted by Crippen LogP contribution is -2.43. The summed E-state index contributed by atoms with van der Waals surface area (Å²) in [4.78, 5) is 0. The Kier molecular flexibility index (Phi) is 7.14. The van der Waals surface area contributed by atoms with Gasteiger partial charge in [0.15, 0.2) is 0 Å². The average molecular weight is 465 g/mol. The Bertz CT molecular complexity index is 925. The summed E-state index contributed by atoms with van der Waals surface area (Å²) in [5, 5.41) is 23.0. The molecular weight excluding hydrogens is 424 g/mol. The fraction of sp³-hybridized carbons (Fsp3) is 0.586. The van der Waals surface area contributed by atoms with Crippen LogP contribution in [-0.4, -0.2) is 47.6 Å². The molecule has 2 aliphatic carbocycles. The second-order valence-corrected chi connectivity index (χ2v) is 10.9. The Labute approximate surface area is 204 Å². The maximum atomic E-state index is 10.8. The van der Waals surface area contributed by atoms with Gasteiger partial charge in [-0.05, 0) is 97.1 Å². The largest absolute Gasteiger partial charge is 0.508 e. The molecule has 0 unspecified atom stereocenters. The predicted molar refractivity (Wildman–Crippen MR) is 135 cm³/mol. The highest BCUT2D eigenvalue weighted by Crippen LogP contribution is 2.60. The molecule has 2 aromatic carbocycles. The molecular formula is C29H40N2O3. The first-order chi connectivity index (χ1) is 16.5. The van der Waals surface area contributed by atoms with Crippen molar-refractivity contribution in [1.29, 1.82) is 0 Å². The Morgan fingerprint density at radius 2 is 1.62 bits per heavy atom. The van der Waals surface area contributed by atoms with Gasteiger partial charge in [0.25, 0.3) is 0 Å². The number of hydrazine groups is 1. The van der Waals surface area contributed by atoms with Crippen LogP contribution < -0.4 is 10.2 Å². The fourth-order valence-electron chi connectivity index (χ4n) is 6.74. The first-order valence-corrected chi connectivity index (χ1v) is 13.2. The van der Waals surface area contributed by atoms with Crippen molar-refractivity contribution < 1.29 is 14.9 Å². The van der Waals surface area contributed by atoms with Crippen LogP contribution in [-0.2, 0) is 0 Å².